The normalized spacial score (nSPS) is 10.4. The van der Waals surface area contributed by atoms with Crippen LogP contribution in [-0.4, -0.2) is 12.0 Å². The van der Waals surface area contributed by atoms with Crippen molar-refractivity contribution in [2.45, 2.75) is 12.4 Å². The first-order valence-corrected chi connectivity index (χ1v) is 6.40. The third-order valence-corrected chi connectivity index (χ3v) is 3.82. The van der Waals surface area contributed by atoms with Gasteiger partial charge in [-0.05, 0) is 5.56 Å². The van der Waals surface area contributed by atoms with Gasteiger partial charge >= 0.3 is 0 Å². The summed E-state index contributed by atoms with van der Waals surface area (Å²) in [7, 11) is 2.05. The molecule has 84 valence electrons. The SMILES string of the molecule is CN(Cc1ccccc1)c1ncc(CCl)s1. The van der Waals surface area contributed by atoms with Gasteiger partial charge < -0.3 is 4.90 Å². The summed E-state index contributed by atoms with van der Waals surface area (Å²) >= 11 is 7.40. The van der Waals surface area contributed by atoms with Crippen LogP contribution in [0.5, 0.6) is 0 Å². The Morgan fingerprint density at radius 2 is 2.06 bits per heavy atom. The van der Waals surface area contributed by atoms with Crippen LogP contribution in [0.15, 0.2) is 36.5 Å². The lowest BCUT2D eigenvalue weighted by atomic mass is 10.2. The Hall–Kier alpha value is -1.06. The van der Waals surface area contributed by atoms with E-state index < -0.39 is 0 Å². The molecule has 0 spiro atoms. The minimum Gasteiger partial charge on any atom is -0.347 e. The Bertz CT molecular complexity index is 441. The van der Waals surface area contributed by atoms with Gasteiger partial charge in [0.25, 0.3) is 0 Å². The van der Waals surface area contributed by atoms with Crippen molar-refractivity contribution in [2.24, 2.45) is 0 Å². The van der Waals surface area contributed by atoms with Crippen molar-refractivity contribution < 1.29 is 0 Å². The van der Waals surface area contributed by atoms with Gasteiger partial charge in [-0.15, -0.1) is 22.9 Å². The van der Waals surface area contributed by atoms with Crippen LogP contribution < -0.4 is 4.90 Å². The molecule has 0 aliphatic rings. The predicted octanol–water partition coefficient (Wildman–Crippen LogP) is 3.52. The van der Waals surface area contributed by atoms with Gasteiger partial charge in [0.2, 0.25) is 0 Å². The van der Waals surface area contributed by atoms with Gasteiger partial charge in [0, 0.05) is 24.7 Å². The minimum atomic E-state index is 0.539. The van der Waals surface area contributed by atoms with Crippen molar-refractivity contribution in [2.75, 3.05) is 11.9 Å². The second-order valence-corrected chi connectivity index (χ2v) is 4.95. The third-order valence-electron chi connectivity index (χ3n) is 2.26. The van der Waals surface area contributed by atoms with Crippen molar-refractivity contribution >= 4 is 28.1 Å². The molecule has 1 aromatic carbocycles. The first-order valence-electron chi connectivity index (χ1n) is 5.05. The Morgan fingerprint density at radius 1 is 1.31 bits per heavy atom. The molecule has 16 heavy (non-hydrogen) atoms. The summed E-state index contributed by atoms with van der Waals surface area (Å²) in [5.41, 5.74) is 1.28. The number of alkyl halides is 1. The molecule has 0 saturated carbocycles. The summed E-state index contributed by atoms with van der Waals surface area (Å²) < 4.78 is 0. The average Bonchev–Trinajstić information content (AvgIpc) is 2.79. The van der Waals surface area contributed by atoms with Gasteiger partial charge in [-0.25, -0.2) is 4.98 Å². The van der Waals surface area contributed by atoms with Crippen LogP contribution >= 0.6 is 22.9 Å². The molecule has 0 bridgehead atoms. The highest BCUT2D eigenvalue weighted by molar-refractivity contribution is 7.15. The molecule has 0 unspecified atom stereocenters. The number of nitrogens with zero attached hydrogens (tertiary/aromatic N) is 2. The molecule has 0 fully saturated rings. The maximum absolute atomic E-state index is 5.76. The maximum Gasteiger partial charge on any atom is 0.185 e. The van der Waals surface area contributed by atoms with Crippen molar-refractivity contribution in [1.29, 1.82) is 0 Å². The molecule has 0 amide bonds. The topological polar surface area (TPSA) is 16.1 Å². The summed E-state index contributed by atoms with van der Waals surface area (Å²) in [6.45, 7) is 0.871. The van der Waals surface area contributed by atoms with Crippen LogP contribution in [-0.2, 0) is 12.4 Å². The zero-order valence-corrected chi connectivity index (χ0v) is 10.6. The highest BCUT2D eigenvalue weighted by Crippen LogP contribution is 2.23. The lowest BCUT2D eigenvalue weighted by Gasteiger charge is -2.15. The monoisotopic (exact) mass is 252 g/mol. The van der Waals surface area contributed by atoms with Crippen LogP contribution in [0, 0.1) is 0 Å². The Morgan fingerprint density at radius 3 is 2.69 bits per heavy atom. The number of anilines is 1. The number of halogens is 1. The molecular weight excluding hydrogens is 240 g/mol. The minimum absolute atomic E-state index is 0.539. The van der Waals surface area contributed by atoms with Crippen molar-refractivity contribution in [3.05, 3.63) is 47.0 Å². The van der Waals surface area contributed by atoms with Crippen LogP contribution in [0.2, 0.25) is 0 Å². The maximum atomic E-state index is 5.76. The molecular formula is C12H13ClN2S. The van der Waals surface area contributed by atoms with Crippen LogP contribution in [0.25, 0.3) is 0 Å². The van der Waals surface area contributed by atoms with E-state index in [1.165, 1.54) is 5.56 Å². The van der Waals surface area contributed by atoms with Gasteiger partial charge in [-0.2, -0.15) is 0 Å². The van der Waals surface area contributed by atoms with Gasteiger partial charge in [-0.3, -0.25) is 0 Å². The van der Waals surface area contributed by atoms with E-state index in [0.29, 0.717) is 5.88 Å². The number of hydrogen-bond donors (Lipinski definition) is 0. The molecule has 2 rings (SSSR count). The van der Waals surface area contributed by atoms with Crippen molar-refractivity contribution in [3.8, 4) is 0 Å². The first-order chi connectivity index (χ1) is 7.79. The molecule has 2 nitrogen and oxygen atoms in total. The largest absolute Gasteiger partial charge is 0.347 e. The van der Waals surface area contributed by atoms with E-state index in [0.717, 1.165) is 16.6 Å². The fourth-order valence-electron chi connectivity index (χ4n) is 1.46. The Kier molecular flexibility index (Phi) is 3.80. The van der Waals surface area contributed by atoms with E-state index in [4.69, 9.17) is 11.6 Å². The second kappa shape index (κ2) is 5.32. The second-order valence-electron chi connectivity index (χ2n) is 3.58. The van der Waals surface area contributed by atoms with E-state index in [1.807, 2.05) is 19.3 Å². The highest BCUT2D eigenvalue weighted by Gasteiger charge is 2.06. The standard InChI is InChI=1S/C12H13ClN2S/c1-15(9-10-5-3-2-4-6-10)12-14-8-11(7-13)16-12/h2-6,8H,7,9H2,1H3. The van der Waals surface area contributed by atoms with Crippen LogP contribution in [0.4, 0.5) is 5.13 Å². The van der Waals surface area contributed by atoms with Gasteiger partial charge in [0.05, 0.1) is 5.88 Å². The van der Waals surface area contributed by atoms with Crippen molar-refractivity contribution in [1.82, 2.24) is 4.98 Å². The summed E-state index contributed by atoms with van der Waals surface area (Å²) in [6.07, 6.45) is 1.84. The number of aromatic nitrogens is 1. The number of benzene rings is 1. The van der Waals surface area contributed by atoms with Crippen molar-refractivity contribution in [3.63, 3.8) is 0 Å². The molecule has 0 atom stereocenters. The number of hydrogen-bond acceptors (Lipinski definition) is 3. The Labute approximate surface area is 105 Å². The van der Waals surface area contributed by atoms with E-state index >= 15 is 0 Å². The molecule has 0 N–H and O–H groups in total. The number of rotatable bonds is 4. The Balaban J connectivity index is 2.05. The van der Waals surface area contributed by atoms with Crippen LogP contribution in [0.3, 0.4) is 0 Å². The lowest BCUT2D eigenvalue weighted by Crippen LogP contribution is -2.15. The van der Waals surface area contributed by atoms with Gasteiger partial charge in [0.1, 0.15) is 0 Å². The first kappa shape index (κ1) is 11.4. The molecule has 1 heterocycles. The highest BCUT2D eigenvalue weighted by atomic mass is 35.5. The molecule has 0 radical (unpaired) electrons. The number of thiazole rings is 1. The molecule has 0 aliphatic heterocycles. The fraction of sp³-hybridized carbons (Fsp3) is 0.250. The molecule has 0 saturated heterocycles. The lowest BCUT2D eigenvalue weighted by molar-refractivity contribution is 0.915. The smallest absolute Gasteiger partial charge is 0.185 e. The predicted molar refractivity (Wildman–Crippen MR) is 70.2 cm³/mol. The zero-order valence-electron chi connectivity index (χ0n) is 9.06. The van der Waals surface area contributed by atoms with E-state index in [-0.39, 0.29) is 0 Å². The molecule has 1 aromatic heterocycles. The van der Waals surface area contributed by atoms with E-state index in [9.17, 15) is 0 Å². The summed E-state index contributed by atoms with van der Waals surface area (Å²) in [4.78, 5) is 7.59. The van der Waals surface area contributed by atoms with E-state index in [2.05, 4.69) is 34.1 Å². The van der Waals surface area contributed by atoms with Gasteiger partial charge in [0.15, 0.2) is 5.13 Å². The molecule has 2 aromatic rings. The average molecular weight is 253 g/mol. The fourth-order valence-corrected chi connectivity index (χ4v) is 2.41. The van der Waals surface area contributed by atoms with Gasteiger partial charge in [-0.1, -0.05) is 30.3 Å². The summed E-state index contributed by atoms with van der Waals surface area (Å²) in [5.74, 6) is 0.539. The van der Waals surface area contributed by atoms with E-state index in [1.54, 1.807) is 11.3 Å². The van der Waals surface area contributed by atoms with Crippen LogP contribution in [0.1, 0.15) is 10.4 Å². The quantitative estimate of drug-likeness (QED) is 0.774. The molecule has 0 aliphatic carbocycles. The third kappa shape index (κ3) is 2.74. The summed E-state index contributed by atoms with van der Waals surface area (Å²) in [5, 5.41) is 1.01. The zero-order chi connectivity index (χ0) is 11.4. The summed E-state index contributed by atoms with van der Waals surface area (Å²) in [6, 6.07) is 10.4. The molecule has 4 heteroatoms.